The quantitative estimate of drug-likeness (QED) is 0.616. The average Bonchev–Trinajstić information content (AvgIpc) is 2.73. The Bertz CT molecular complexity index is 984. The highest BCUT2D eigenvalue weighted by Gasteiger charge is 2.13. The minimum Gasteiger partial charge on any atom is -0.383 e. The number of benzene rings is 2. The van der Waals surface area contributed by atoms with Crippen LogP contribution in [-0.2, 0) is 9.53 Å². The number of pyridine rings is 1. The molecule has 0 saturated heterocycles. The van der Waals surface area contributed by atoms with E-state index in [9.17, 15) is 9.59 Å². The second kappa shape index (κ2) is 9.10. The van der Waals surface area contributed by atoms with Crippen molar-refractivity contribution in [3.63, 3.8) is 0 Å². The van der Waals surface area contributed by atoms with E-state index >= 15 is 0 Å². The van der Waals surface area contributed by atoms with Crippen LogP contribution < -0.4 is 10.6 Å². The smallest absolute Gasteiger partial charge is 0.252 e. The van der Waals surface area contributed by atoms with Crippen LogP contribution in [0.2, 0.25) is 0 Å². The van der Waals surface area contributed by atoms with Crippen LogP contribution in [-0.4, -0.2) is 37.1 Å². The first kappa shape index (κ1) is 19.5. The Kier molecular flexibility index (Phi) is 6.34. The molecule has 0 aliphatic carbocycles. The van der Waals surface area contributed by atoms with Crippen LogP contribution in [0.5, 0.6) is 0 Å². The lowest BCUT2D eigenvalue weighted by Gasteiger charge is -2.11. The SMILES string of the molecule is CCC(=O)Nc1ccc(-c2cc(C(=O)NCCOC)c3ccccc3n2)cc1. The minimum atomic E-state index is -0.163. The zero-order valence-corrected chi connectivity index (χ0v) is 16.0. The molecule has 2 N–H and O–H groups in total. The van der Waals surface area contributed by atoms with E-state index in [2.05, 4.69) is 10.6 Å². The third kappa shape index (κ3) is 4.53. The van der Waals surface area contributed by atoms with E-state index in [1.807, 2.05) is 55.5 Å². The minimum absolute atomic E-state index is 0.0356. The fourth-order valence-electron chi connectivity index (χ4n) is 2.85. The second-order valence-corrected chi connectivity index (χ2v) is 6.30. The Morgan fingerprint density at radius 3 is 2.54 bits per heavy atom. The Morgan fingerprint density at radius 1 is 1.07 bits per heavy atom. The topological polar surface area (TPSA) is 80.3 Å². The molecule has 0 aliphatic heterocycles. The molecule has 1 heterocycles. The molecule has 0 unspecified atom stereocenters. The number of nitrogens with one attached hydrogen (secondary N) is 2. The normalized spacial score (nSPS) is 10.6. The predicted octanol–water partition coefficient (Wildman–Crippen LogP) is 3.63. The lowest BCUT2D eigenvalue weighted by atomic mass is 10.0. The number of amides is 2. The number of methoxy groups -OCH3 is 1. The fraction of sp³-hybridized carbons (Fsp3) is 0.227. The molecule has 6 heteroatoms. The van der Waals surface area contributed by atoms with Crippen molar-refractivity contribution in [1.82, 2.24) is 10.3 Å². The van der Waals surface area contributed by atoms with Gasteiger partial charge in [0.15, 0.2) is 0 Å². The summed E-state index contributed by atoms with van der Waals surface area (Å²) in [4.78, 5) is 28.9. The Morgan fingerprint density at radius 2 is 1.82 bits per heavy atom. The molecule has 2 amide bonds. The van der Waals surface area contributed by atoms with E-state index in [4.69, 9.17) is 9.72 Å². The molecule has 0 radical (unpaired) electrons. The maximum atomic E-state index is 12.7. The van der Waals surface area contributed by atoms with E-state index in [0.717, 1.165) is 22.2 Å². The Labute approximate surface area is 163 Å². The predicted molar refractivity (Wildman–Crippen MR) is 110 cm³/mol. The summed E-state index contributed by atoms with van der Waals surface area (Å²) in [6.45, 7) is 2.70. The van der Waals surface area contributed by atoms with Gasteiger partial charge in [-0.15, -0.1) is 0 Å². The van der Waals surface area contributed by atoms with Crippen LogP contribution in [0.15, 0.2) is 54.6 Å². The van der Waals surface area contributed by atoms with E-state index in [0.29, 0.717) is 30.8 Å². The van der Waals surface area contributed by atoms with Gasteiger partial charge in [0.1, 0.15) is 0 Å². The van der Waals surface area contributed by atoms with Crippen molar-refractivity contribution < 1.29 is 14.3 Å². The summed E-state index contributed by atoms with van der Waals surface area (Å²) < 4.78 is 5.00. The van der Waals surface area contributed by atoms with Crippen LogP contribution in [0.3, 0.4) is 0 Å². The van der Waals surface area contributed by atoms with Gasteiger partial charge in [-0.2, -0.15) is 0 Å². The number of hydrogen-bond acceptors (Lipinski definition) is 4. The first-order valence-corrected chi connectivity index (χ1v) is 9.19. The summed E-state index contributed by atoms with van der Waals surface area (Å²) >= 11 is 0. The standard InChI is InChI=1S/C22H23N3O3/c1-3-21(26)24-16-10-8-15(9-11-16)20-14-18(22(27)23-12-13-28-2)17-6-4-5-7-19(17)25-20/h4-11,14H,3,12-13H2,1-2H3,(H,23,27)(H,24,26). The molecule has 2 aromatic carbocycles. The number of anilines is 1. The number of para-hydroxylation sites is 1. The molecule has 0 saturated carbocycles. The van der Waals surface area contributed by atoms with Crippen molar-refractivity contribution in [2.24, 2.45) is 0 Å². The number of carbonyl (C=O) groups is 2. The zero-order valence-electron chi connectivity index (χ0n) is 16.0. The van der Waals surface area contributed by atoms with Crippen molar-refractivity contribution in [2.75, 3.05) is 25.6 Å². The molecular formula is C22H23N3O3. The maximum absolute atomic E-state index is 12.7. The lowest BCUT2D eigenvalue weighted by molar-refractivity contribution is -0.115. The summed E-state index contributed by atoms with van der Waals surface area (Å²) in [7, 11) is 1.60. The number of carbonyl (C=O) groups excluding carboxylic acids is 2. The lowest BCUT2D eigenvalue weighted by Crippen LogP contribution is -2.27. The molecule has 28 heavy (non-hydrogen) atoms. The van der Waals surface area contributed by atoms with Gasteiger partial charge in [-0.1, -0.05) is 37.3 Å². The molecule has 3 rings (SSSR count). The third-order valence-electron chi connectivity index (χ3n) is 4.34. The molecule has 6 nitrogen and oxygen atoms in total. The Hall–Kier alpha value is -3.25. The van der Waals surface area contributed by atoms with Gasteiger partial charge in [0.05, 0.1) is 23.4 Å². The van der Waals surface area contributed by atoms with Crippen molar-refractivity contribution >= 4 is 28.4 Å². The average molecular weight is 377 g/mol. The van der Waals surface area contributed by atoms with Crippen LogP contribution in [0.25, 0.3) is 22.2 Å². The first-order valence-electron chi connectivity index (χ1n) is 9.19. The van der Waals surface area contributed by atoms with E-state index in [1.165, 1.54) is 0 Å². The van der Waals surface area contributed by atoms with Crippen LogP contribution in [0.1, 0.15) is 23.7 Å². The van der Waals surface area contributed by atoms with Gasteiger partial charge in [0.25, 0.3) is 5.91 Å². The summed E-state index contributed by atoms with van der Waals surface area (Å²) in [5.41, 5.74) is 3.62. The van der Waals surface area contributed by atoms with Crippen molar-refractivity contribution in [1.29, 1.82) is 0 Å². The van der Waals surface area contributed by atoms with Gasteiger partial charge in [-0.3, -0.25) is 9.59 Å². The number of aromatic nitrogens is 1. The summed E-state index contributed by atoms with van der Waals surface area (Å²) in [5.74, 6) is -0.199. The summed E-state index contributed by atoms with van der Waals surface area (Å²) in [5, 5.41) is 6.49. The van der Waals surface area contributed by atoms with Crippen molar-refractivity contribution in [3.05, 3.63) is 60.2 Å². The molecule has 1 aromatic heterocycles. The molecule has 0 aliphatic rings. The number of nitrogens with zero attached hydrogens (tertiary/aromatic N) is 1. The molecular weight excluding hydrogens is 354 g/mol. The highest BCUT2D eigenvalue weighted by atomic mass is 16.5. The number of fused-ring (bicyclic) bond motifs is 1. The van der Waals surface area contributed by atoms with E-state index < -0.39 is 0 Å². The second-order valence-electron chi connectivity index (χ2n) is 6.30. The summed E-state index contributed by atoms with van der Waals surface area (Å²) in [6, 6.07) is 16.8. The zero-order chi connectivity index (χ0) is 19.9. The van der Waals surface area contributed by atoms with Crippen LogP contribution >= 0.6 is 0 Å². The van der Waals surface area contributed by atoms with Gasteiger partial charge < -0.3 is 15.4 Å². The van der Waals surface area contributed by atoms with Crippen molar-refractivity contribution in [2.45, 2.75) is 13.3 Å². The van der Waals surface area contributed by atoms with E-state index in [-0.39, 0.29) is 11.8 Å². The molecule has 0 spiro atoms. The highest BCUT2D eigenvalue weighted by molar-refractivity contribution is 6.07. The fourth-order valence-corrected chi connectivity index (χ4v) is 2.85. The van der Waals surface area contributed by atoms with Crippen LogP contribution in [0, 0.1) is 0 Å². The summed E-state index contributed by atoms with van der Waals surface area (Å²) in [6.07, 6.45) is 0.426. The number of rotatable bonds is 7. The van der Waals surface area contributed by atoms with Gasteiger partial charge in [0.2, 0.25) is 5.91 Å². The van der Waals surface area contributed by atoms with Crippen LogP contribution in [0.4, 0.5) is 5.69 Å². The molecule has 0 atom stereocenters. The monoisotopic (exact) mass is 377 g/mol. The number of hydrogen-bond donors (Lipinski definition) is 2. The first-order chi connectivity index (χ1) is 13.6. The largest absolute Gasteiger partial charge is 0.383 e. The van der Waals surface area contributed by atoms with Gasteiger partial charge in [-0.05, 0) is 24.3 Å². The Balaban J connectivity index is 1.95. The van der Waals surface area contributed by atoms with Crippen molar-refractivity contribution in [3.8, 4) is 11.3 Å². The molecule has 0 fully saturated rings. The molecule has 144 valence electrons. The molecule has 0 bridgehead atoms. The number of ether oxygens (including phenoxy) is 1. The van der Waals surface area contributed by atoms with E-state index in [1.54, 1.807) is 13.2 Å². The van der Waals surface area contributed by atoms with Gasteiger partial charge >= 0.3 is 0 Å². The highest BCUT2D eigenvalue weighted by Crippen LogP contribution is 2.26. The maximum Gasteiger partial charge on any atom is 0.252 e. The third-order valence-corrected chi connectivity index (χ3v) is 4.34. The van der Waals surface area contributed by atoms with Gasteiger partial charge in [0, 0.05) is 36.7 Å². The van der Waals surface area contributed by atoms with Gasteiger partial charge in [-0.25, -0.2) is 4.98 Å². The molecule has 3 aromatic rings.